The maximum atomic E-state index is 11.3. The monoisotopic (exact) mass is 353 g/mol. The minimum absolute atomic E-state index is 0.0783. The van der Waals surface area contributed by atoms with Crippen LogP contribution in [0.1, 0.15) is 22.3 Å². The summed E-state index contributed by atoms with van der Waals surface area (Å²) in [4.78, 5) is 11.3. The summed E-state index contributed by atoms with van der Waals surface area (Å²) in [5.74, 6) is 0.352. The first-order valence-corrected chi connectivity index (χ1v) is 8.53. The van der Waals surface area contributed by atoms with Crippen molar-refractivity contribution in [2.75, 3.05) is 13.7 Å². The molecule has 0 saturated carbocycles. The Morgan fingerprint density at radius 3 is 2.50 bits per heavy atom. The van der Waals surface area contributed by atoms with E-state index in [-0.39, 0.29) is 12.6 Å². The van der Waals surface area contributed by atoms with Crippen LogP contribution in [0.3, 0.4) is 0 Å². The van der Waals surface area contributed by atoms with Crippen molar-refractivity contribution in [2.45, 2.75) is 26.9 Å². The fraction of sp³-hybridized carbons (Fsp3) is 0.286. The van der Waals surface area contributed by atoms with Gasteiger partial charge in [0.15, 0.2) is 6.61 Å². The van der Waals surface area contributed by atoms with E-state index in [0.29, 0.717) is 0 Å². The first kappa shape index (κ1) is 18.0. The lowest BCUT2D eigenvalue weighted by molar-refractivity contribution is -0.142. The minimum atomic E-state index is -0.386. The quantitative estimate of drug-likeness (QED) is 0.653. The van der Waals surface area contributed by atoms with Crippen molar-refractivity contribution < 1.29 is 18.7 Å². The summed E-state index contributed by atoms with van der Waals surface area (Å²) < 4.78 is 15.6. The van der Waals surface area contributed by atoms with Gasteiger partial charge < -0.3 is 19.2 Å². The van der Waals surface area contributed by atoms with Crippen LogP contribution in [0.2, 0.25) is 0 Å². The molecule has 0 amide bonds. The number of fused-ring (bicyclic) bond motifs is 1. The zero-order valence-corrected chi connectivity index (χ0v) is 15.3. The maximum Gasteiger partial charge on any atom is 0.343 e. The van der Waals surface area contributed by atoms with Crippen LogP contribution in [-0.4, -0.2) is 19.7 Å². The van der Waals surface area contributed by atoms with Crippen LogP contribution < -0.4 is 10.1 Å². The van der Waals surface area contributed by atoms with Gasteiger partial charge in [0.2, 0.25) is 0 Å². The zero-order valence-electron chi connectivity index (χ0n) is 15.3. The molecule has 2 aromatic carbocycles. The first-order valence-electron chi connectivity index (χ1n) is 8.53. The molecule has 5 heteroatoms. The zero-order chi connectivity index (χ0) is 18.5. The highest BCUT2D eigenvalue weighted by Gasteiger charge is 2.09. The molecule has 0 radical (unpaired) electrons. The third-order valence-corrected chi connectivity index (χ3v) is 4.26. The van der Waals surface area contributed by atoms with E-state index >= 15 is 0 Å². The maximum absolute atomic E-state index is 11.3. The summed E-state index contributed by atoms with van der Waals surface area (Å²) in [6.45, 7) is 5.39. The average Bonchev–Trinajstić information content (AvgIpc) is 3.08. The molecule has 0 saturated heterocycles. The van der Waals surface area contributed by atoms with Gasteiger partial charge in [-0.3, -0.25) is 0 Å². The van der Waals surface area contributed by atoms with Gasteiger partial charge in [-0.2, -0.15) is 0 Å². The second-order valence-electron chi connectivity index (χ2n) is 6.32. The van der Waals surface area contributed by atoms with Crippen molar-refractivity contribution in [3.8, 4) is 5.75 Å². The lowest BCUT2D eigenvalue weighted by Crippen LogP contribution is -2.15. The van der Waals surface area contributed by atoms with E-state index in [1.165, 1.54) is 18.2 Å². The molecule has 3 rings (SSSR count). The molecule has 0 aliphatic rings. The van der Waals surface area contributed by atoms with E-state index in [4.69, 9.17) is 9.15 Å². The number of furan rings is 1. The highest BCUT2D eigenvalue weighted by Crippen LogP contribution is 2.25. The summed E-state index contributed by atoms with van der Waals surface area (Å²) in [7, 11) is 1.35. The SMILES string of the molecule is COC(=O)COc1c(C)cc(CNCc2ccc3ccoc3c2)cc1C. The van der Waals surface area contributed by atoms with E-state index < -0.39 is 0 Å². The van der Waals surface area contributed by atoms with Crippen LogP contribution in [0.15, 0.2) is 47.1 Å². The summed E-state index contributed by atoms with van der Waals surface area (Å²) >= 11 is 0. The Morgan fingerprint density at radius 2 is 1.77 bits per heavy atom. The molecule has 1 aromatic heterocycles. The van der Waals surface area contributed by atoms with Crippen molar-refractivity contribution in [3.05, 3.63) is 64.9 Å². The van der Waals surface area contributed by atoms with E-state index in [2.05, 4.69) is 40.4 Å². The van der Waals surface area contributed by atoms with Crippen molar-refractivity contribution in [1.29, 1.82) is 0 Å². The van der Waals surface area contributed by atoms with Crippen molar-refractivity contribution in [1.82, 2.24) is 5.32 Å². The number of esters is 1. The second kappa shape index (κ2) is 8.06. The number of aryl methyl sites for hydroxylation is 2. The predicted molar refractivity (Wildman–Crippen MR) is 100 cm³/mol. The van der Waals surface area contributed by atoms with Crippen molar-refractivity contribution >= 4 is 16.9 Å². The Kier molecular flexibility index (Phi) is 5.58. The van der Waals surface area contributed by atoms with Crippen LogP contribution in [-0.2, 0) is 22.6 Å². The van der Waals surface area contributed by atoms with Crippen molar-refractivity contribution in [2.24, 2.45) is 0 Å². The average molecular weight is 353 g/mol. The van der Waals surface area contributed by atoms with Gasteiger partial charge in [0.05, 0.1) is 13.4 Å². The number of benzene rings is 2. The summed E-state index contributed by atoms with van der Waals surface area (Å²) in [5, 5.41) is 4.56. The number of methoxy groups -OCH3 is 1. The van der Waals surface area contributed by atoms with Gasteiger partial charge in [-0.15, -0.1) is 0 Å². The topological polar surface area (TPSA) is 60.7 Å². The third-order valence-electron chi connectivity index (χ3n) is 4.26. The number of ether oxygens (including phenoxy) is 2. The molecule has 0 unspecified atom stereocenters. The van der Waals surface area contributed by atoms with E-state index in [9.17, 15) is 4.79 Å². The highest BCUT2D eigenvalue weighted by molar-refractivity contribution is 5.77. The molecule has 1 N–H and O–H groups in total. The largest absolute Gasteiger partial charge is 0.481 e. The van der Waals surface area contributed by atoms with Crippen molar-refractivity contribution in [3.63, 3.8) is 0 Å². The van der Waals surface area contributed by atoms with Crippen LogP contribution >= 0.6 is 0 Å². The molecule has 136 valence electrons. The Morgan fingerprint density at radius 1 is 1.04 bits per heavy atom. The Hall–Kier alpha value is -2.79. The van der Waals surface area contributed by atoms with Crippen LogP contribution in [0.25, 0.3) is 11.0 Å². The Bertz CT molecular complexity index is 890. The number of hydrogen-bond acceptors (Lipinski definition) is 5. The number of carbonyl (C=O) groups is 1. The molecule has 3 aromatic rings. The van der Waals surface area contributed by atoms with Gasteiger partial charge in [0.1, 0.15) is 11.3 Å². The van der Waals surface area contributed by atoms with Gasteiger partial charge in [0, 0.05) is 18.5 Å². The summed E-state index contributed by atoms with van der Waals surface area (Å²) in [6, 6.07) is 12.3. The second-order valence-corrected chi connectivity index (χ2v) is 6.32. The molecule has 0 fully saturated rings. The lowest BCUT2D eigenvalue weighted by Gasteiger charge is -2.14. The van der Waals surface area contributed by atoms with Gasteiger partial charge in [-0.05, 0) is 48.2 Å². The standard InChI is InChI=1S/C21H23NO4/c1-14-8-17(9-15(2)21(14)26-13-20(23)24-3)12-22-11-16-4-5-18-6-7-25-19(18)10-16/h4-10,22H,11-13H2,1-3H3. The molecule has 5 nitrogen and oxygen atoms in total. The molecule has 0 aliphatic carbocycles. The number of nitrogens with one attached hydrogen (secondary N) is 1. The van der Waals surface area contributed by atoms with Gasteiger partial charge in [-0.25, -0.2) is 4.79 Å². The molecule has 0 atom stereocenters. The number of rotatable bonds is 7. The fourth-order valence-electron chi connectivity index (χ4n) is 3.02. The molecule has 0 spiro atoms. The lowest BCUT2D eigenvalue weighted by atomic mass is 10.1. The van der Waals surface area contributed by atoms with E-state index in [1.54, 1.807) is 6.26 Å². The molecular formula is C21H23NO4. The molecule has 0 bridgehead atoms. The van der Waals surface area contributed by atoms with E-state index in [0.717, 1.165) is 40.9 Å². The fourth-order valence-corrected chi connectivity index (χ4v) is 3.02. The van der Waals surface area contributed by atoms with Crippen LogP contribution in [0.5, 0.6) is 5.75 Å². The van der Waals surface area contributed by atoms with Crippen LogP contribution in [0, 0.1) is 13.8 Å². The third kappa shape index (κ3) is 4.24. The van der Waals surface area contributed by atoms with E-state index in [1.807, 2.05) is 19.9 Å². The minimum Gasteiger partial charge on any atom is -0.481 e. The molecule has 1 heterocycles. The first-order chi connectivity index (χ1) is 12.6. The highest BCUT2D eigenvalue weighted by atomic mass is 16.6. The Labute approximate surface area is 152 Å². The number of carbonyl (C=O) groups excluding carboxylic acids is 1. The van der Waals surface area contributed by atoms with Gasteiger partial charge in [0.25, 0.3) is 0 Å². The normalized spacial score (nSPS) is 10.9. The predicted octanol–water partition coefficient (Wildman–Crippen LogP) is 3.89. The molecule has 0 aliphatic heterocycles. The smallest absolute Gasteiger partial charge is 0.343 e. The summed E-state index contributed by atoms with van der Waals surface area (Å²) in [5.41, 5.74) is 5.26. The van der Waals surface area contributed by atoms with Gasteiger partial charge in [-0.1, -0.05) is 24.3 Å². The van der Waals surface area contributed by atoms with Gasteiger partial charge >= 0.3 is 5.97 Å². The van der Waals surface area contributed by atoms with Crippen LogP contribution in [0.4, 0.5) is 0 Å². The number of hydrogen-bond donors (Lipinski definition) is 1. The molecule has 26 heavy (non-hydrogen) atoms. The Balaban J connectivity index is 1.60. The molecular weight excluding hydrogens is 330 g/mol. The summed E-state index contributed by atoms with van der Waals surface area (Å²) in [6.07, 6.45) is 1.71.